The van der Waals surface area contributed by atoms with Crippen molar-refractivity contribution in [3.05, 3.63) is 23.2 Å². The molecule has 0 aromatic heterocycles. The Labute approximate surface area is 108 Å². The van der Waals surface area contributed by atoms with Crippen LogP contribution in [-0.2, 0) is 0 Å². The van der Waals surface area contributed by atoms with Gasteiger partial charge in [-0.05, 0) is 30.9 Å². The minimum atomic E-state index is 0.245. The zero-order valence-corrected chi connectivity index (χ0v) is 11.0. The predicted octanol–water partition coefficient (Wildman–Crippen LogP) is 4.13. The molecule has 2 N–H and O–H groups in total. The Kier molecular flexibility index (Phi) is 2.70. The first-order valence-corrected chi connectivity index (χ1v) is 6.87. The molecule has 0 saturated heterocycles. The van der Waals surface area contributed by atoms with Gasteiger partial charge in [-0.3, -0.25) is 0 Å². The number of benzene rings is 1. The highest BCUT2D eigenvalue weighted by atomic mass is 35.5. The summed E-state index contributed by atoms with van der Waals surface area (Å²) in [5.41, 5.74) is 2.48. The normalized spacial score (nSPS) is 31.5. The van der Waals surface area contributed by atoms with Gasteiger partial charge in [-0.1, -0.05) is 37.4 Å². The molecule has 1 fully saturated rings. The summed E-state index contributed by atoms with van der Waals surface area (Å²) in [6.07, 6.45) is 5.21. The lowest BCUT2D eigenvalue weighted by Crippen LogP contribution is -2.50. The van der Waals surface area contributed by atoms with Crippen LogP contribution in [0.3, 0.4) is 0 Å². The maximum absolute atomic E-state index is 6.20. The molecule has 2 nitrogen and oxygen atoms in total. The zero-order chi connectivity index (χ0) is 11.9. The fraction of sp³-hybridized carbons (Fsp3) is 0.571. The van der Waals surface area contributed by atoms with Crippen molar-refractivity contribution in [2.24, 2.45) is 5.92 Å². The fourth-order valence-electron chi connectivity index (χ4n) is 3.33. The van der Waals surface area contributed by atoms with Crippen LogP contribution in [0, 0.1) is 5.92 Å². The number of fused-ring (bicyclic) bond motifs is 1. The van der Waals surface area contributed by atoms with Crippen LogP contribution in [0.4, 0.5) is 11.4 Å². The molecule has 92 valence electrons. The highest BCUT2D eigenvalue weighted by Crippen LogP contribution is 2.42. The van der Waals surface area contributed by atoms with E-state index in [1.807, 2.05) is 12.1 Å². The fourth-order valence-corrected chi connectivity index (χ4v) is 3.57. The van der Waals surface area contributed by atoms with Crippen molar-refractivity contribution in [2.45, 2.75) is 38.1 Å². The molecule has 1 aromatic rings. The zero-order valence-electron chi connectivity index (χ0n) is 10.2. The maximum Gasteiger partial charge on any atom is 0.0766 e. The molecule has 0 bridgehead atoms. The minimum absolute atomic E-state index is 0.245. The monoisotopic (exact) mass is 250 g/mol. The van der Waals surface area contributed by atoms with Gasteiger partial charge in [-0.25, -0.2) is 0 Å². The third kappa shape index (κ3) is 1.99. The molecule has 3 rings (SSSR count). The first-order valence-electron chi connectivity index (χ1n) is 6.49. The molecular formula is C14H19ClN2. The van der Waals surface area contributed by atoms with Gasteiger partial charge in [0.2, 0.25) is 0 Å². The highest BCUT2D eigenvalue weighted by molar-refractivity contribution is 6.34. The summed E-state index contributed by atoms with van der Waals surface area (Å²) in [5.74, 6) is 0.818. The summed E-state index contributed by atoms with van der Waals surface area (Å²) in [6, 6.07) is 6.08. The number of rotatable bonds is 0. The Balaban J connectivity index is 1.89. The van der Waals surface area contributed by atoms with Crippen molar-refractivity contribution in [3.63, 3.8) is 0 Å². The molecule has 2 aliphatic rings. The third-order valence-corrected chi connectivity index (χ3v) is 4.42. The van der Waals surface area contributed by atoms with Gasteiger partial charge in [-0.15, -0.1) is 0 Å². The van der Waals surface area contributed by atoms with Crippen LogP contribution < -0.4 is 10.6 Å². The van der Waals surface area contributed by atoms with Crippen molar-refractivity contribution in [2.75, 3.05) is 17.2 Å². The molecule has 2 unspecified atom stereocenters. The molecule has 3 heteroatoms. The lowest BCUT2D eigenvalue weighted by molar-refractivity contribution is 0.266. The number of para-hydroxylation sites is 1. The van der Waals surface area contributed by atoms with E-state index in [9.17, 15) is 0 Å². The smallest absolute Gasteiger partial charge is 0.0766 e. The number of anilines is 2. The molecule has 17 heavy (non-hydrogen) atoms. The standard InChI is InChI=1S/C14H19ClN2/c1-10-4-3-7-14(8-10)9-16-13-11(15)5-2-6-12(13)17-14/h2,5-6,10,16-17H,3-4,7-9H2,1H3. The van der Waals surface area contributed by atoms with Gasteiger partial charge in [-0.2, -0.15) is 0 Å². The molecule has 1 saturated carbocycles. The average molecular weight is 251 g/mol. The molecule has 1 spiro atoms. The molecule has 0 radical (unpaired) electrons. The van der Waals surface area contributed by atoms with Crippen LogP contribution in [0.2, 0.25) is 5.02 Å². The van der Waals surface area contributed by atoms with Crippen LogP contribution in [-0.4, -0.2) is 12.1 Å². The van der Waals surface area contributed by atoms with E-state index < -0.39 is 0 Å². The second-order valence-corrected chi connectivity index (χ2v) is 6.03. The van der Waals surface area contributed by atoms with Crippen molar-refractivity contribution >= 4 is 23.0 Å². The summed E-state index contributed by atoms with van der Waals surface area (Å²) in [5, 5.41) is 8.07. The largest absolute Gasteiger partial charge is 0.380 e. The molecule has 1 aliphatic carbocycles. The van der Waals surface area contributed by atoms with Crippen molar-refractivity contribution < 1.29 is 0 Å². The van der Waals surface area contributed by atoms with E-state index in [0.717, 1.165) is 28.9 Å². The summed E-state index contributed by atoms with van der Waals surface area (Å²) in [4.78, 5) is 0. The summed E-state index contributed by atoms with van der Waals surface area (Å²) >= 11 is 6.20. The molecule has 1 aromatic carbocycles. The van der Waals surface area contributed by atoms with E-state index in [4.69, 9.17) is 11.6 Å². The molecule has 0 amide bonds. The van der Waals surface area contributed by atoms with Crippen LogP contribution >= 0.6 is 11.6 Å². The first-order chi connectivity index (χ1) is 8.19. The lowest BCUT2D eigenvalue weighted by atomic mass is 9.75. The number of nitrogens with one attached hydrogen (secondary N) is 2. The molecule has 1 aliphatic heterocycles. The minimum Gasteiger partial charge on any atom is -0.380 e. The van der Waals surface area contributed by atoms with E-state index in [1.54, 1.807) is 0 Å². The first kappa shape index (κ1) is 11.2. The van der Waals surface area contributed by atoms with Crippen molar-refractivity contribution in [1.29, 1.82) is 0 Å². The second kappa shape index (κ2) is 4.09. The highest BCUT2D eigenvalue weighted by Gasteiger charge is 2.37. The van der Waals surface area contributed by atoms with Crippen LogP contribution in [0.1, 0.15) is 32.6 Å². The predicted molar refractivity (Wildman–Crippen MR) is 73.9 cm³/mol. The van der Waals surface area contributed by atoms with E-state index >= 15 is 0 Å². The van der Waals surface area contributed by atoms with Gasteiger partial charge < -0.3 is 10.6 Å². The summed E-state index contributed by atoms with van der Waals surface area (Å²) in [7, 11) is 0. The second-order valence-electron chi connectivity index (χ2n) is 5.62. The Morgan fingerprint density at radius 1 is 1.41 bits per heavy atom. The van der Waals surface area contributed by atoms with Gasteiger partial charge in [0.05, 0.1) is 21.9 Å². The molecule has 1 heterocycles. The number of halogens is 1. The topological polar surface area (TPSA) is 24.1 Å². The molecule has 2 atom stereocenters. The van der Waals surface area contributed by atoms with Crippen LogP contribution in [0.15, 0.2) is 18.2 Å². The quantitative estimate of drug-likeness (QED) is 0.724. The van der Waals surface area contributed by atoms with Gasteiger partial charge in [0.25, 0.3) is 0 Å². The Morgan fingerprint density at radius 3 is 3.12 bits per heavy atom. The Hall–Kier alpha value is -0.890. The molecular weight excluding hydrogens is 232 g/mol. The van der Waals surface area contributed by atoms with Crippen molar-refractivity contribution in [1.82, 2.24) is 0 Å². The van der Waals surface area contributed by atoms with Gasteiger partial charge in [0.1, 0.15) is 0 Å². The summed E-state index contributed by atoms with van der Waals surface area (Å²) in [6.45, 7) is 3.35. The van der Waals surface area contributed by atoms with Crippen LogP contribution in [0.5, 0.6) is 0 Å². The Morgan fingerprint density at radius 2 is 2.29 bits per heavy atom. The maximum atomic E-state index is 6.20. The van der Waals surface area contributed by atoms with E-state index in [0.29, 0.717) is 0 Å². The van der Waals surface area contributed by atoms with Gasteiger partial charge in [0.15, 0.2) is 0 Å². The van der Waals surface area contributed by atoms with E-state index in [1.165, 1.54) is 25.7 Å². The lowest BCUT2D eigenvalue weighted by Gasteiger charge is -2.45. The van der Waals surface area contributed by atoms with Crippen molar-refractivity contribution in [3.8, 4) is 0 Å². The number of hydrogen-bond acceptors (Lipinski definition) is 2. The van der Waals surface area contributed by atoms with E-state index in [-0.39, 0.29) is 5.54 Å². The van der Waals surface area contributed by atoms with Gasteiger partial charge >= 0.3 is 0 Å². The van der Waals surface area contributed by atoms with E-state index in [2.05, 4.69) is 23.6 Å². The average Bonchev–Trinajstić information content (AvgIpc) is 2.28. The third-order valence-electron chi connectivity index (χ3n) is 4.11. The number of hydrogen-bond donors (Lipinski definition) is 2. The summed E-state index contributed by atoms with van der Waals surface area (Å²) < 4.78 is 0. The van der Waals surface area contributed by atoms with Crippen LogP contribution in [0.25, 0.3) is 0 Å². The SMILES string of the molecule is CC1CCCC2(CNc3c(Cl)cccc3N2)C1. The van der Waals surface area contributed by atoms with Gasteiger partial charge in [0, 0.05) is 6.54 Å². The Bertz CT molecular complexity index is 432.